The van der Waals surface area contributed by atoms with Crippen molar-refractivity contribution in [1.29, 1.82) is 5.26 Å². The van der Waals surface area contributed by atoms with Crippen molar-refractivity contribution < 1.29 is 0 Å². The third-order valence-corrected chi connectivity index (χ3v) is 5.97. The van der Waals surface area contributed by atoms with E-state index in [1.807, 2.05) is 30.3 Å². The predicted octanol–water partition coefficient (Wildman–Crippen LogP) is 3.85. The smallest absolute Gasteiger partial charge is 0.153 e. The Bertz CT molecular complexity index is 767. The lowest BCUT2D eigenvalue weighted by atomic mass is 10.1. The second-order valence-electron chi connectivity index (χ2n) is 7.20. The first-order chi connectivity index (χ1) is 12.8. The van der Waals surface area contributed by atoms with Gasteiger partial charge in [-0.05, 0) is 12.8 Å². The molecule has 1 saturated carbocycles. The van der Waals surface area contributed by atoms with Crippen molar-refractivity contribution in [1.82, 2.24) is 19.8 Å². The van der Waals surface area contributed by atoms with E-state index in [2.05, 4.69) is 25.8 Å². The zero-order valence-corrected chi connectivity index (χ0v) is 15.6. The van der Waals surface area contributed by atoms with Gasteiger partial charge < -0.3 is 4.98 Å². The number of nitrogens with one attached hydrogen (secondary N) is 1. The molecule has 2 fully saturated rings. The number of H-pyrrole nitrogens is 1. The summed E-state index contributed by atoms with van der Waals surface area (Å²) in [5, 5.41) is 10.2. The molecule has 6 heteroatoms. The van der Waals surface area contributed by atoms with Crippen LogP contribution in [0.5, 0.6) is 0 Å². The summed E-state index contributed by atoms with van der Waals surface area (Å²) in [6.45, 7) is 3.84. The Hall–Kier alpha value is -1.87. The van der Waals surface area contributed by atoms with Gasteiger partial charge in [0.15, 0.2) is 5.15 Å². The maximum atomic E-state index is 9.80. The van der Waals surface area contributed by atoms with Crippen molar-refractivity contribution in [3.8, 4) is 17.5 Å². The van der Waals surface area contributed by atoms with E-state index in [0.717, 1.165) is 43.6 Å². The molecule has 26 heavy (non-hydrogen) atoms. The third-order valence-electron chi connectivity index (χ3n) is 5.68. The third kappa shape index (κ3) is 3.50. The van der Waals surface area contributed by atoms with E-state index in [4.69, 9.17) is 11.6 Å². The van der Waals surface area contributed by atoms with Crippen molar-refractivity contribution in [3.05, 3.63) is 41.2 Å². The maximum Gasteiger partial charge on any atom is 0.153 e. The van der Waals surface area contributed by atoms with Gasteiger partial charge in [0.2, 0.25) is 0 Å². The Balaban J connectivity index is 1.48. The summed E-state index contributed by atoms with van der Waals surface area (Å²) in [4.78, 5) is 12.6. The maximum absolute atomic E-state index is 9.80. The molecule has 2 aromatic rings. The predicted molar refractivity (Wildman–Crippen MR) is 103 cm³/mol. The Morgan fingerprint density at radius 1 is 1.12 bits per heavy atom. The highest BCUT2D eigenvalue weighted by molar-refractivity contribution is 6.30. The first kappa shape index (κ1) is 17.5. The topological polar surface area (TPSA) is 59.0 Å². The van der Waals surface area contributed by atoms with Gasteiger partial charge in [-0.1, -0.05) is 54.8 Å². The molecule has 1 N–H and O–H groups in total. The molecule has 1 aromatic heterocycles. The number of piperazine rings is 1. The van der Waals surface area contributed by atoms with E-state index < -0.39 is 0 Å². The Morgan fingerprint density at radius 2 is 1.81 bits per heavy atom. The van der Waals surface area contributed by atoms with Crippen molar-refractivity contribution in [2.75, 3.05) is 26.2 Å². The summed E-state index contributed by atoms with van der Waals surface area (Å²) in [5.74, 6) is 0.718. The molecule has 0 amide bonds. The summed E-state index contributed by atoms with van der Waals surface area (Å²) in [7, 11) is 0. The number of aromatic nitrogens is 2. The van der Waals surface area contributed by atoms with Gasteiger partial charge in [0, 0.05) is 37.8 Å². The number of aromatic amines is 1. The van der Waals surface area contributed by atoms with Crippen LogP contribution in [0, 0.1) is 11.3 Å². The van der Waals surface area contributed by atoms with Gasteiger partial charge in [0.05, 0.1) is 11.8 Å². The molecule has 1 aromatic carbocycles. The molecule has 1 aliphatic carbocycles. The van der Waals surface area contributed by atoms with Crippen LogP contribution in [0.15, 0.2) is 30.3 Å². The number of halogens is 1. The molecule has 0 bridgehead atoms. The number of imidazole rings is 1. The van der Waals surface area contributed by atoms with E-state index in [9.17, 15) is 5.26 Å². The number of nitrogens with zero attached hydrogens (tertiary/aromatic N) is 4. The molecule has 1 atom stereocenters. The van der Waals surface area contributed by atoms with E-state index >= 15 is 0 Å². The molecule has 0 radical (unpaired) electrons. The molecule has 136 valence electrons. The zero-order chi connectivity index (χ0) is 17.9. The normalized spacial score (nSPS) is 20.9. The molecule has 5 nitrogen and oxygen atoms in total. The van der Waals surface area contributed by atoms with Crippen LogP contribution in [0.1, 0.15) is 37.4 Å². The molecule has 0 spiro atoms. The summed E-state index contributed by atoms with van der Waals surface area (Å²) in [5.41, 5.74) is 1.69. The lowest BCUT2D eigenvalue weighted by Crippen LogP contribution is -2.50. The van der Waals surface area contributed by atoms with Crippen molar-refractivity contribution in [3.63, 3.8) is 0 Å². The average molecular weight is 370 g/mol. The number of nitriles is 1. The second-order valence-corrected chi connectivity index (χ2v) is 7.56. The highest BCUT2D eigenvalue weighted by atomic mass is 35.5. The molecule has 1 aliphatic heterocycles. The number of hydrogen-bond donors (Lipinski definition) is 1. The standard InChI is InChI=1S/C20H24ClN5/c21-19-18(23-20(24-19)15-6-2-1-3-7-15)17(14-22)26-12-10-25(11-13-26)16-8-4-5-9-16/h1-3,6-7,16-17H,4-5,8-13H2,(H,23,24). The fourth-order valence-electron chi connectivity index (χ4n) is 4.24. The van der Waals surface area contributed by atoms with Gasteiger partial charge in [-0.25, -0.2) is 4.98 Å². The van der Waals surface area contributed by atoms with Crippen LogP contribution in [0.3, 0.4) is 0 Å². The Morgan fingerprint density at radius 3 is 2.46 bits per heavy atom. The fourth-order valence-corrected chi connectivity index (χ4v) is 4.47. The largest absolute Gasteiger partial charge is 0.338 e. The van der Waals surface area contributed by atoms with Crippen molar-refractivity contribution in [2.24, 2.45) is 0 Å². The fraction of sp³-hybridized carbons (Fsp3) is 0.500. The minimum absolute atomic E-state index is 0.377. The van der Waals surface area contributed by atoms with Gasteiger partial charge >= 0.3 is 0 Å². The van der Waals surface area contributed by atoms with Crippen LogP contribution in [0.2, 0.25) is 5.15 Å². The lowest BCUT2D eigenvalue weighted by Gasteiger charge is -2.39. The Kier molecular flexibility index (Phi) is 5.26. The first-order valence-electron chi connectivity index (χ1n) is 9.45. The summed E-state index contributed by atoms with van der Waals surface area (Å²) < 4.78 is 0. The van der Waals surface area contributed by atoms with E-state index in [1.165, 1.54) is 25.7 Å². The number of rotatable bonds is 4. The van der Waals surface area contributed by atoms with Gasteiger partial charge in [0.25, 0.3) is 0 Å². The molecule has 4 rings (SSSR count). The molecule has 2 heterocycles. The number of hydrogen-bond acceptors (Lipinski definition) is 4. The van der Waals surface area contributed by atoms with E-state index in [1.54, 1.807) is 0 Å². The minimum Gasteiger partial charge on any atom is -0.338 e. The molecule has 1 saturated heterocycles. The second kappa shape index (κ2) is 7.79. The van der Waals surface area contributed by atoms with Crippen LogP contribution >= 0.6 is 11.6 Å². The molecule has 2 aliphatic rings. The highest BCUT2D eigenvalue weighted by Crippen LogP contribution is 2.30. The van der Waals surface area contributed by atoms with Gasteiger partial charge in [-0.15, -0.1) is 0 Å². The van der Waals surface area contributed by atoms with Gasteiger partial charge in [-0.2, -0.15) is 5.26 Å². The molecule has 1 unspecified atom stereocenters. The van der Waals surface area contributed by atoms with Crippen LogP contribution in [-0.4, -0.2) is 52.0 Å². The monoisotopic (exact) mass is 369 g/mol. The van der Waals surface area contributed by atoms with Crippen molar-refractivity contribution in [2.45, 2.75) is 37.8 Å². The lowest BCUT2D eigenvalue weighted by molar-refractivity contribution is 0.0832. The zero-order valence-electron chi connectivity index (χ0n) is 14.9. The average Bonchev–Trinajstić information content (AvgIpc) is 3.35. The summed E-state index contributed by atoms with van der Waals surface area (Å²) >= 11 is 6.39. The summed E-state index contributed by atoms with van der Waals surface area (Å²) in [6.07, 6.45) is 5.37. The van der Waals surface area contributed by atoms with Gasteiger partial charge in [-0.3, -0.25) is 9.80 Å². The Labute approximate surface area is 159 Å². The minimum atomic E-state index is -0.377. The molecular formula is C20H24ClN5. The van der Waals surface area contributed by atoms with Crippen LogP contribution in [0.25, 0.3) is 11.4 Å². The molecular weight excluding hydrogens is 346 g/mol. The van der Waals surface area contributed by atoms with Gasteiger partial charge in [0.1, 0.15) is 11.9 Å². The van der Waals surface area contributed by atoms with E-state index in [-0.39, 0.29) is 6.04 Å². The highest BCUT2D eigenvalue weighted by Gasteiger charge is 2.31. The first-order valence-corrected chi connectivity index (χ1v) is 9.82. The van der Waals surface area contributed by atoms with Crippen LogP contribution in [0.4, 0.5) is 0 Å². The SMILES string of the molecule is N#CC(c1[nH]c(-c2ccccc2)nc1Cl)N1CCN(C2CCCC2)CC1. The number of benzene rings is 1. The van der Waals surface area contributed by atoms with Crippen LogP contribution in [-0.2, 0) is 0 Å². The van der Waals surface area contributed by atoms with Crippen LogP contribution < -0.4 is 0 Å². The quantitative estimate of drug-likeness (QED) is 0.889. The summed E-state index contributed by atoms with van der Waals surface area (Å²) in [6, 6.07) is 12.7. The van der Waals surface area contributed by atoms with E-state index in [0.29, 0.717) is 10.8 Å². The van der Waals surface area contributed by atoms with Crippen molar-refractivity contribution >= 4 is 11.6 Å².